The van der Waals surface area contributed by atoms with Crippen LogP contribution < -0.4 is 5.32 Å². The van der Waals surface area contributed by atoms with Gasteiger partial charge in [0.05, 0.1) is 0 Å². The summed E-state index contributed by atoms with van der Waals surface area (Å²) in [4.78, 5) is 0. The molecule has 0 aromatic rings. The fraction of sp³-hybridized carbons (Fsp3) is 0.750. The van der Waals surface area contributed by atoms with E-state index in [0.29, 0.717) is 0 Å². The molecule has 3 aliphatic carbocycles. The van der Waals surface area contributed by atoms with Crippen LogP contribution in [0.1, 0.15) is 19.3 Å². The zero-order chi connectivity index (χ0) is 5.84. The first-order valence-electron chi connectivity index (χ1n) is 3.92. The molecule has 0 aromatic carbocycles. The SMILES string of the molecule is C1=C(NC2CC2)C2CC12. The maximum absolute atomic E-state index is 3.54. The van der Waals surface area contributed by atoms with Gasteiger partial charge in [-0.3, -0.25) is 0 Å². The Hall–Kier alpha value is -0.460. The van der Waals surface area contributed by atoms with E-state index in [-0.39, 0.29) is 0 Å². The molecule has 48 valence electrons. The van der Waals surface area contributed by atoms with E-state index in [1.54, 1.807) is 5.70 Å². The molecule has 0 radical (unpaired) electrons. The summed E-state index contributed by atoms with van der Waals surface area (Å²) >= 11 is 0. The van der Waals surface area contributed by atoms with Crippen molar-refractivity contribution in [1.82, 2.24) is 5.32 Å². The van der Waals surface area contributed by atoms with Crippen LogP contribution in [0.5, 0.6) is 0 Å². The highest BCUT2D eigenvalue weighted by atomic mass is 15.0. The molecule has 3 aliphatic rings. The van der Waals surface area contributed by atoms with Crippen molar-refractivity contribution in [2.45, 2.75) is 25.3 Å². The molecule has 0 bridgehead atoms. The summed E-state index contributed by atoms with van der Waals surface area (Å²) in [5.41, 5.74) is 1.57. The first-order chi connectivity index (χ1) is 4.43. The molecule has 0 aromatic heterocycles. The maximum atomic E-state index is 3.54. The van der Waals surface area contributed by atoms with Crippen LogP contribution in [-0.4, -0.2) is 6.04 Å². The average molecular weight is 121 g/mol. The fourth-order valence-electron chi connectivity index (χ4n) is 1.61. The van der Waals surface area contributed by atoms with E-state index in [4.69, 9.17) is 0 Å². The molecular formula is C8H11N. The second-order valence-electron chi connectivity index (χ2n) is 3.55. The van der Waals surface area contributed by atoms with Gasteiger partial charge in [0, 0.05) is 17.7 Å². The van der Waals surface area contributed by atoms with Crippen LogP contribution >= 0.6 is 0 Å². The van der Waals surface area contributed by atoms with E-state index < -0.39 is 0 Å². The molecule has 0 amide bonds. The molecule has 2 unspecified atom stereocenters. The summed E-state index contributed by atoms with van der Waals surface area (Å²) in [6.45, 7) is 0. The Morgan fingerprint density at radius 2 is 2.33 bits per heavy atom. The van der Waals surface area contributed by atoms with Gasteiger partial charge in [-0.05, 0) is 25.2 Å². The van der Waals surface area contributed by atoms with Crippen LogP contribution in [-0.2, 0) is 0 Å². The summed E-state index contributed by atoms with van der Waals surface area (Å²) in [7, 11) is 0. The molecular weight excluding hydrogens is 110 g/mol. The van der Waals surface area contributed by atoms with Gasteiger partial charge in [-0.15, -0.1) is 0 Å². The Kier molecular flexibility index (Phi) is 0.572. The van der Waals surface area contributed by atoms with Gasteiger partial charge in [0.15, 0.2) is 0 Å². The zero-order valence-electron chi connectivity index (χ0n) is 5.43. The van der Waals surface area contributed by atoms with Crippen LogP contribution in [0.2, 0.25) is 0 Å². The molecule has 1 N–H and O–H groups in total. The first-order valence-corrected chi connectivity index (χ1v) is 3.92. The number of hydrogen-bond acceptors (Lipinski definition) is 1. The van der Waals surface area contributed by atoms with Crippen LogP contribution in [0.4, 0.5) is 0 Å². The third kappa shape index (κ3) is 0.549. The third-order valence-electron chi connectivity index (χ3n) is 2.58. The summed E-state index contributed by atoms with van der Waals surface area (Å²) in [6.07, 6.45) is 6.68. The van der Waals surface area contributed by atoms with Crippen LogP contribution in [0.25, 0.3) is 0 Å². The summed E-state index contributed by atoms with van der Waals surface area (Å²) < 4.78 is 0. The molecule has 0 aliphatic heterocycles. The summed E-state index contributed by atoms with van der Waals surface area (Å²) in [5, 5.41) is 3.54. The highest BCUT2D eigenvalue weighted by molar-refractivity contribution is 5.31. The van der Waals surface area contributed by atoms with Crippen molar-refractivity contribution in [3.63, 3.8) is 0 Å². The van der Waals surface area contributed by atoms with Crippen molar-refractivity contribution < 1.29 is 0 Å². The van der Waals surface area contributed by atoms with Crippen LogP contribution in [0.15, 0.2) is 11.8 Å². The number of fused-ring (bicyclic) bond motifs is 1. The van der Waals surface area contributed by atoms with Gasteiger partial charge in [-0.1, -0.05) is 6.08 Å². The van der Waals surface area contributed by atoms with E-state index >= 15 is 0 Å². The Labute approximate surface area is 55.1 Å². The minimum absolute atomic E-state index is 0.873. The summed E-state index contributed by atoms with van der Waals surface area (Å²) in [6, 6.07) is 0.873. The van der Waals surface area contributed by atoms with E-state index in [0.717, 1.165) is 17.9 Å². The second-order valence-corrected chi connectivity index (χ2v) is 3.55. The van der Waals surface area contributed by atoms with Crippen LogP contribution in [0.3, 0.4) is 0 Å². The average Bonchev–Trinajstić information content (AvgIpc) is 2.58. The molecule has 2 atom stereocenters. The number of nitrogens with one attached hydrogen (secondary N) is 1. The minimum atomic E-state index is 0.873. The summed E-state index contributed by atoms with van der Waals surface area (Å²) in [5.74, 6) is 2.00. The fourth-order valence-corrected chi connectivity index (χ4v) is 1.61. The predicted octanol–water partition coefficient (Wildman–Crippen LogP) is 1.27. The van der Waals surface area contributed by atoms with Gasteiger partial charge in [0.1, 0.15) is 0 Å². The number of hydrogen-bond donors (Lipinski definition) is 1. The van der Waals surface area contributed by atoms with Crippen molar-refractivity contribution in [2.24, 2.45) is 11.8 Å². The molecule has 2 fully saturated rings. The Bertz CT molecular complexity index is 179. The lowest BCUT2D eigenvalue weighted by molar-refractivity contribution is 0.668. The molecule has 0 saturated heterocycles. The Morgan fingerprint density at radius 1 is 1.44 bits per heavy atom. The molecule has 0 heterocycles. The van der Waals surface area contributed by atoms with Gasteiger partial charge in [-0.25, -0.2) is 0 Å². The van der Waals surface area contributed by atoms with Crippen molar-refractivity contribution in [3.8, 4) is 0 Å². The molecule has 2 saturated carbocycles. The quantitative estimate of drug-likeness (QED) is 0.580. The third-order valence-corrected chi connectivity index (χ3v) is 2.58. The molecule has 1 nitrogen and oxygen atoms in total. The molecule has 0 spiro atoms. The van der Waals surface area contributed by atoms with Gasteiger partial charge in [0.25, 0.3) is 0 Å². The monoisotopic (exact) mass is 121 g/mol. The molecule has 1 heteroatoms. The van der Waals surface area contributed by atoms with Gasteiger partial charge < -0.3 is 5.32 Å². The normalized spacial score (nSPS) is 44.7. The molecule has 3 rings (SSSR count). The second kappa shape index (κ2) is 1.18. The smallest absolute Gasteiger partial charge is 0.0259 e. The standard InChI is InChI=1S/C8H11N/c1-2-6(1)9-8-4-5-3-7(5)8/h4-7,9H,1-3H2. The predicted molar refractivity (Wildman–Crippen MR) is 35.8 cm³/mol. The Balaban J connectivity index is 1.67. The zero-order valence-corrected chi connectivity index (χ0v) is 5.43. The highest BCUT2D eigenvalue weighted by Gasteiger charge is 2.47. The van der Waals surface area contributed by atoms with E-state index in [9.17, 15) is 0 Å². The van der Waals surface area contributed by atoms with E-state index in [1.165, 1.54) is 19.3 Å². The van der Waals surface area contributed by atoms with Crippen molar-refractivity contribution in [3.05, 3.63) is 11.8 Å². The lowest BCUT2D eigenvalue weighted by Gasteiger charge is -2.15. The van der Waals surface area contributed by atoms with Gasteiger partial charge in [-0.2, -0.15) is 0 Å². The molecule has 9 heavy (non-hydrogen) atoms. The number of allylic oxidation sites excluding steroid dienone is 2. The van der Waals surface area contributed by atoms with Gasteiger partial charge >= 0.3 is 0 Å². The first kappa shape index (κ1) is 4.37. The van der Waals surface area contributed by atoms with Crippen molar-refractivity contribution in [1.29, 1.82) is 0 Å². The minimum Gasteiger partial charge on any atom is -0.386 e. The topological polar surface area (TPSA) is 12.0 Å². The van der Waals surface area contributed by atoms with Crippen molar-refractivity contribution >= 4 is 0 Å². The van der Waals surface area contributed by atoms with Crippen LogP contribution in [0, 0.1) is 11.8 Å². The largest absolute Gasteiger partial charge is 0.386 e. The number of rotatable bonds is 2. The lowest BCUT2D eigenvalue weighted by Crippen LogP contribution is -2.21. The van der Waals surface area contributed by atoms with E-state index in [2.05, 4.69) is 11.4 Å². The maximum Gasteiger partial charge on any atom is 0.0259 e. The van der Waals surface area contributed by atoms with E-state index in [1.807, 2.05) is 0 Å². The lowest BCUT2D eigenvalue weighted by atomic mass is 10.1. The van der Waals surface area contributed by atoms with Crippen molar-refractivity contribution in [2.75, 3.05) is 0 Å². The van der Waals surface area contributed by atoms with Gasteiger partial charge in [0.2, 0.25) is 0 Å². The highest BCUT2D eigenvalue weighted by Crippen LogP contribution is 2.53. The Morgan fingerprint density at radius 3 is 2.78 bits per heavy atom.